The summed E-state index contributed by atoms with van der Waals surface area (Å²) in [5.74, 6) is 0.694. The summed E-state index contributed by atoms with van der Waals surface area (Å²) in [4.78, 5) is 11.5. The van der Waals surface area contributed by atoms with Crippen molar-refractivity contribution in [2.45, 2.75) is 27.2 Å². The standard InChI is InChI=1S/C15H21NO2/c1-4-5-6-9-16-15(17)11-18-14-10-12(2)7-8-13(14)3/h4-5,7-8,10H,6,9,11H2,1-3H3,(H,16,17)/b5-4+. The third-order valence-corrected chi connectivity index (χ3v) is 2.57. The Kier molecular flexibility index (Phi) is 5.98. The van der Waals surface area contributed by atoms with Crippen molar-refractivity contribution in [1.82, 2.24) is 5.32 Å². The maximum atomic E-state index is 11.5. The largest absolute Gasteiger partial charge is 0.483 e. The zero-order chi connectivity index (χ0) is 13.4. The number of rotatable bonds is 6. The topological polar surface area (TPSA) is 38.3 Å². The van der Waals surface area contributed by atoms with Crippen LogP contribution in [0.1, 0.15) is 24.5 Å². The fourth-order valence-corrected chi connectivity index (χ4v) is 1.52. The van der Waals surface area contributed by atoms with Gasteiger partial charge in [0, 0.05) is 6.54 Å². The highest BCUT2D eigenvalue weighted by molar-refractivity contribution is 5.77. The van der Waals surface area contributed by atoms with E-state index < -0.39 is 0 Å². The van der Waals surface area contributed by atoms with Crippen molar-refractivity contribution >= 4 is 5.91 Å². The van der Waals surface area contributed by atoms with Crippen LogP contribution in [0.3, 0.4) is 0 Å². The summed E-state index contributed by atoms with van der Waals surface area (Å²) in [6.07, 6.45) is 4.84. The molecule has 18 heavy (non-hydrogen) atoms. The van der Waals surface area contributed by atoms with Gasteiger partial charge in [-0.25, -0.2) is 0 Å². The van der Waals surface area contributed by atoms with Crippen molar-refractivity contribution in [2.75, 3.05) is 13.2 Å². The van der Waals surface area contributed by atoms with Crippen LogP contribution in [0.15, 0.2) is 30.4 Å². The summed E-state index contributed by atoms with van der Waals surface area (Å²) in [6.45, 7) is 6.66. The van der Waals surface area contributed by atoms with E-state index in [2.05, 4.69) is 5.32 Å². The van der Waals surface area contributed by atoms with Gasteiger partial charge in [-0.05, 0) is 44.4 Å². The summed E-state index contributed by atoms with van der Waals surface area (Å²) >= 11 is 0. The first-order valence-corrected chi connectivity index (χ1v) is 6.21. The molecule has 0 radical (unpaired) electrons. The lowest BCUT2D eigenvalue weighted by atomic mass is 10.1. The quantitative estimate of drug-likeness (QED) is 0.620. The number of nitrogens with one attached hydrogen (secondary N) is 1. The third kappa shape index (κ3) is 5.04. The zero-order valence-electron chi connectivity index (χ0n) is 11.3. The lowest BCUT2D eigenvalue weighted by Gasteiger charge is -2.09. The molecule has 1 aromatic rings. The van der Waals surface area contributed by atoms with Crippen LogP contribution in [0.25, 0.3) is 0 Å². The van der Waals surface area contributed by atoms with Gasteiger partial charge in [0.1, 0.15) is 5.75 Å². The van der Waals surface area contributed by atoms with E-state index in [0.717, 1.165) is 23.3 Å². The Hall–Kier alpha value is -1.77. The molecule has 3 heteroatoms. The summed E-state index contributed by atoms with van der Waals surface area (Å²) in [6, 6.07) is 5.97. The molecule has 0 aliphatic carbocycles. The number of hydrogen-bond donors (Lipinski definition) is 1. The van der Waals surface area contributed by atoms with Crippen LogP contribution < -0.4 is 10.1 Å². The number of allylic oxidation sites excluding steroid dienone is 1. The highest BCUT2D eigenvalue weighted by atomic mass is 16.5. The van der Waals surface area contributed by atoms with Gasteiger partial charge >= 0.3 is 0 Å². The van der Waals surface area contributed by atoms with Crippen molar-refractivity contribution in [3.05, 3.63) is 41.5 Å². The minimum atomic E-state index is -0.0830. The number of hydrogen-bond acceptors (Lipinski definition) is 2. The van der Waals surface area contributed by atoms with E-state index in [4.69, 9.17) is 4.74 Å². The first-order chi connectivity index (χ1) is 8.63. The molecule has 0 saturated heterocycles. The van der Waals surface area contributed by atoms with Crippen LogP contribution in [0.4, 0.5) is 0 Å². The SMILES string of the molecule is C/C=C/CCNC(=O)COc1cc(C)ccc1C. The highest BCUT2D eigenvalue weighted by Crippen LogP contribution is 2.18. The maximum absolute atomic E-state index is 11.5. The number of carbonyl (C=O) groups is 1. The van der Waals surface area contributed by atoms with Crippen molar-refractivity contribution < 1.29 is 9.53 Å². The Bertz CT molecular complexity index is 425. The molecule has 98 valence electrons. The summed E-state index contributed by atoms with van der Waals surface area (Å²) in [7, 11) is 0. The summed E-state index contributed by atoms with van der Waals surface area (Å²) in [5, 5.41) is 2.81. The highest BCUT2D eigenvalue weighted by Gasteiger charge is 2.04. The molecule has 0 heterocycles. The van der Waals surface area contributed by atoms with Gasteiger partial charge in [-0.2, -0.15) is 0 Å². The number of amides is 1. The molecule has 0 aromatic heterocycles. The molecule has 0 bridgehead atoms. The number of benzene rings is 1. The Morgan fingerprint density at radius 1 is 1.39 bits per heavy atom. The average Bonchev–Trinajstić information content (AvgIpc) is 2.36. The molecule has 1 aromatic carbocycles. The summed E-state index contributed by atoms with van der Waals surface area (Å²) < 4.78 is 5.51. The van der Waals surface area contributed by atoms with E-state index >= 15 is 0 Å². The monoisotopic (exact) mass is 247 g/mol. The smallest absolute Gasteiger partial charge is 0.257 e. The second-order valence-corrected chi connectivity index (χ2v) is 4.27. The van der Waals surface area contributed by atoms with Crippen LogP contribution in [0.2, 0.25) is 0 Å². The Morgan fingerprint density at radius 2 is 2.17 bits per heavy atom. The first-order valence-electron chi connectivity index (χ1n) is 6.21. The molecule has 0 atom stereocenters. The molecule has 1 amide bonds. The molecule has 0 unspecified atom stereocenters. The van der Waals surface area contributed by atoms with E-state index in [1.54, 1.807) is 0 Å². The lowest BCUT2D eigenvalue weighted by Crippen LogP contribution is -2.29. The van der Waals surface area contributed by atoms with Crippen LogP contribution in [-0.2, 0) is 4.79 Å². The van der Waals surface area contributed by atoms with Crippen LogP contribution in [0.5, 0.6) is 5.75 Å². The fourth-order valence-electron chi connectivity index (χ4n) is 1.52. The van der Waals surface area contributed by atoms with Crippen molar-refractivity contribution in [3.8, 4) is 5.75 Å². The Morgan fingerprint density at radius 3 is 2.89 bits per heavy atom. The summed E-state index contributed by atoms with van der Waals surface area (Å²) in [5.41, 5.74) is 2.17. The zero-order valence-corrected chi connectivity index (χ0v) is 11.3. The van der Waals surface area contributed by atoms with E-state index in [-0.39, 0.29) is 12.5 Å². The number of ether oxygens (including phenoxy) is 1. The fraction of sp³-hybridized carbons (Fsp3) is 0.400. The molecule has 3 nitrogen and oxygen atoms in total. The molecule has 0 aliphatic heterocycles. The van der Waals surface area contributed by atoms with Crippen molar-refractivity contribution in [2.24, 2.45) is 0 Å². The van der Waals surface area contributed by atoms with Crippen LogP contribution >= 0.6 is 0 Å². The molecule has 0 spiro atoms. The molecule has 0 aliphatic rings. The van der Waals surface area contributed by atoms with Gasteiger partial charge in [0.25, 0.3) is 5.91 Å². The maximum Gasteiger partial charge on any atom is 0.257 e. The first kappa shape index (κ1) is 14.3. The van der Waals surface area contributed by atoms with Crippen molar-refractivity contribution in [3.63, 3.8) is 0 Å². The number of aryl methyl sites for hydroxylation is 2. The normalized spacial score (nSPS) is 10.6. The van der Waals surface area contributed by atoms with Crippen molar-refractivity contribution in [1.29, 1.82) is 0 Å². The molecule has 0 saturated carbocycles. The van der Waals surface area contributed by atoms with Gasteiger partial charge in [-0.15, -0.1) is 0 Å². The van der Waals surface area contributed by atoms with Gasteiger partial charge in [0.15, 0.2) is 6.61 Å². The van der Waals surface area contributed by atoms with E-state index in [0.29, 0.717) is 6.54 Å². The third-order valence-electron chi connectivity index (χ3n) is 2.57. The Balaban J connectivity index is 2.35. The lowest BCUT2D eigenvalue weighted by molar-refractivity contribution is -0.123. The molecule has 1 rings (SSSR count). The van der Waals surface area contributed by atoms with Crippen LogP contribution in [-0.4, -0.2) is 19.1 Å². The number of carbonyl (C=O) groups excluding carboxylic acids is 1. The molecular weight excluding hydrogens is 226 g/mol. The van der Waals surface area contributed by atoms with Gasteiger partial charge in [0.2, 0.25) is 0 Å². The van der Waals surface area contributed by atoms with E-state index in [9.17, 15) is 4.79 Å². The second-order valence-electron chi connectivity index (χ2n) is 4.27. The average molecular weight is 247 g/mol. The molecular formula is C15H21NO2. The second kappa shape index (κ2) is 7.54. The van der Waals surface area contributed by atoms with Crippen LogP contribution in [0, 0.1) is 13.8 Å². The Labute approximate surface area is 109 Å². The van der Waals surface area contributed by atoms with Gasteiger partial charge in [-0.3, -0.25) is 4.79 Å². The minimum absolute atomic E-state index is 0.0696. The predicted molar refractivity (Wildman–Crippen MR) is 73.9 cm³/mol. The predicted octanol–water partition coefficient (Wildman–Crippen LogP) is 2.76. The molecule has 0 fully saturated rings. The van der Waals surface area contributed by atoms with E-state index in [1.165, 1.54) is 0 Å². The minimum Gasteiger partial charge on any atom is -0.483 e. The molecule has 1 N–H and O–H groups in total. The van der Waals surface area contributed by atoms with E-state index in [1.807, 2.05) is 51.1 Å². The van der Waals surface area contributed by atoms with Gasteiger partial charge < -0.3 is 10.1 Å². The van der Waals surface area contributed by atoms with Gasteiger partial charge in [-0.1, -0.05) is 24.3 Å². The van der Waals surface area contributed by atoms with Gasteiger partial charge in [0.05, 0.1) is 0 Å².